The van der Waals surface area contributed by atoms with Crippen molar-refractivity contribution in [1.29, 1.82) is 0 Å². The Balaban J connectivity index is 1.69. The van der Waals surface area contributed by atoms with E-state index >= 15 is 0 Å². The second-order valence-electron chi connectivity index (χ2n) is 6.55. The van der Waals surface area contributed by atoms with Gasteiger partial charge in [0.05, 0.1) is 6.54 Å². The van der Waals surface area contributed by atoms with Crippen LogP contribution in [0.5, 0.6) is 0 Å². The van der Waals surface area contributed by atoms with Crippen LogP contribution in [0.4, 0.5) is 8.78 Å². The molecule has 5 nitrogen and oxygen atoms in total. The first-order chi connectivity index (χ1) is 12.9. The number of para-hydroxylation sites is 1. The second kappa shape index (κ2) is 6.59. The van der Waals surface area contributed by atoms with Gasteiger partial charge in [-0.2, -0.15) is 0 Å². The highest BCUT2D eigenvalue weighted by Crippen LogP contribution is 2.26. The monoisotopic (exact) mass is 369 g/mol. The van der Waals surface area contributed by atoms with Gasteiger partial charge >= 0.3 is 0 Å². The van der Waals surface area contributed by atoms with Crippen molar-refractivity contribution in [3.63, 3.8) is 0 Å². The molecule has 138 valence electrons. The van der Waals surface area contributed by atoms with Crippen LogP contribution in [0.1, 0.15) is 24.4 Å². The van der Waals surface area contributed by atoms with Gasteiger partial charge in [0, 0.05) is 17.0 Å². The van der Waals surface area contributed by atoms with Gasteiger partial charge in [-0.1, -0.05) is 12.1 Å². The van der Waals surface area contributed by atoms with Gasteiger partial charge in [0.1, 0.15) is 28.6 Å². The molecule has 4 aromatic rings. The number of H-pyrrole nitrogens is 1. The predicted molar refractivity (Wildman–Crippen MR) is 98.4 cm³/mol. The topological polar surface area (TPSA) is 62.1 Å². The van der Waals surface area contributed by atoms with Gasteiger partial charge in [-0.05, 0) is 44.3 Å². The van der Waals surface area contributed by atoms with Gasteiger partial charge in [0.25, 0.3) is 5.56 Å². The van der Waals surface area contributed by atoms with Crippen LogP contribution < -0.4 is 5.56 Å². The molecule has 2 aromatic carbocycles. The summed E-state index contributed by atoms with van der Waals surface area (Å²) >= 11 is 0. The highest BCUT2D eigenvalue weighted by atomic mass is 19.1. The zero-order chi connectivity index (χ0) is 19.1. The zero-order valence-corrected chi connectivity index (χ0v) is 14.8. The van der Waals surface area contributed by atoms with Crippen LogP contribution in [0.3, 0.4) is 0 Å². The molecule has 0 amide bonds. The van der Waals surface area contributed by atoms with Crippen LogP contribution in [0, 0.1) is 11.6 Å². The summed E-state index contributed by atoms with van der Waals surface area (Å²) in [6.07, 6.45) is 0. The minimum Gasteiger partial charge on any atom is -0.449 e. The first-order valence-electron chi connectivity index (χ1n) is 8.49. The molecule has 1 atom stereocenters. The summed E-state index contributed by atoms with van der Waals surface area (Å²) in [4.78, 5) is 21.4. The molecule has 0 aliphatic carbocycles. The van der Waals surface area contributed by atoms with E-state index in [-0.39, 0.29) is 23.3 Å². The molecule has 27 heavy (non-hydrogen) atoms. The number of nitrogens with zero attached hydrogens (tertiary/aromatic N) is 2. The number of hydrogen-bond acceptors (Lipinski definition) is 4. The van der Waals surface area contributed by atoms with Crippen LogP contribution in [0.2, 0.25) is 0 Å². The van der Waals surface area contributed by atoms with Crippen molar-refractivity contribution >= 4 is 22.1 Å². The summed E-state index contributed by atoms with van der Waals surface area (Å²) in [5.41, 5.74) is 1.12. The van der Waals surface area contributed by atoms with E-state index in [4.69, 9.17) is 4.42 Å². The third-order valence-corrected chi connectivity index (χ3v) is 4.75. The lowest BCUT2D eigenvalue weighted by molar-refractivity contribution is 0.241. The fourth-order valence-electron chi connectivity index (χ4n) is 3.17. The molecule has 0 saturated heterocycles. The Labute approximate surface area is 153 Å². The van der Waals surface area contributed by atoms with Crippen LogP contribution in [-0.4, -0.2) is 21.9 Å². The van der Waals surface area contributed by atoms with Crippen molar-refractivity contribution in [2.24, 2.45) is 0 Å². The zero-order valence-electron chi connectivity index (χ0n) is 14.8. The van der Waals surface area contributed by atoms with Gasteiger partial charge in [-0.25, -0.2) is 13.8 Å². The number of hydrogen-bond donors (Lipinski definition) is 1. The van der Waals surface area contributed by atoms with Gasteiger partial charge in [0.15, 0.2) is 0 Å². The Hall–Kier alpha value is -3.06. The van der Waals surface area contributed by atoms with E-state index in [1.807, 2.05) is 18.2 Å². The molecule has 0 fully saturated rings. The van der Waals surface area contributed by atoms with Gasteiger partial charge in [-0.3, -0.25) is 9.69 Å². The summed E-state index contributed by atoms with van der Waals surface area (Å²) < 4.78 is 33.1. The molecular weight excluding hydrogens is 352 g/mol. The van der Waals surface area contributed by atoms with Crippen LogP contribution in [0.25, 0.3) is 22.1 Å². The summed E-state index contributed by atoms with van der Waals surface area (Å²) in [6, 6.07) is 10.2. The first kappa shape index (κ1) is 17.4. The van der Waals surface area contributed by atoms with E-state index in [0.717, 1.165) is 17.5 Å². The third kappa shape index (κ3) is 3.10. The fraction of sp³-hybridized carbons (Fsp3) is 0.200. The molecule has 0 spiro atoms. The Morgan fingerprint density at radius 3 is 2.81 bits per heavy atom. The number of furan rings is 1. The number of halogens is 2. The average molecular weight is 369 g/mol. The van der Waals surface area contributed by atoms with Gasteiger partial charge in [-0.15, -0.1) is 0 Å². The number of aromatic nitrogens is 2. The third-order valence-electron chi connectivity index (χ3n) is 4.75. The van der Waals surface area contributed by atoms with Crippen LogP contribution >= 0.6 is 0 Å². The average Bonchev–Trinajstić information content (AvgIpc) is 3.02. The molecule has 0 saturated carbocycles. The molecule has 7 heteroatoms. The molecule has 0 radical (unpaired) electrons. The maximum absolute atomic E-state index is 14.0. The van der Waals surface area contributed by atoms with Gasteiger partial charge in [0.2, 0.25) is 5.58 Å². The second-order valence-corrected chi connectivity index (χ2v) is 6.55. The van der Waals surface area contributed by atoms with Crippen molar-refractivity contribution in [3.05, 3.63) is 75.8 Å². The van der Waals surface area contributed by atoms with E-state index in [9.17, 15) is 13.6 Å². The number of benzene rings is 2. The fourth-order valence-corrected chi connectivity index (χ4v) is 3.17. The molecule has 1 unspecified atom stereocenters. The summed E-state index contributed by atoms with van der Waals surface area (Å²) in [6.45, 7) is 2.02. The number of aromatic amines is 1. The highest BCUT2D eigenvalue weighted by Gasteiger charge is 2.19. The summed E-state index contributed by atoms with van der Waals surface area (Å²) in [5.74, 6) is -0.553. The van der Waals surface area contributed by atoms with Crippen molar-refractivity contribution in [3.8, 4) is 0 Å². The quantitative estimate of drug-likeness (QED) is 0.587. The van der Waals surface area contributed by atoms with Crippen molar-refractivity contribution in [2.75, 3.05) is 7.05 Å². The number of rotatable bonds is 4. The Bertz CT molecular complexity index is 1200. The molecule has 0 aliphatic heterocycles. The smallest absolute Gasteiger partial charge is 0.294 e. The lowest BCUT2D eigenvalue weighted by Crippen LogP contribution is -2.25. The molecule has 0 bridgehead atoms. The lowest BCUT2D eigenvalue weighted by Gasteiger charge is -2.24. The van der Waals surface area contributed by atoms with Crippen molar-refractivity contribution in [2.45, 2.75) is 19.5 Å². The number of nitrogens with one attached hydrogen (secondary N) is 1. The Morgan fingerprint density at radius 1 is 1.22 bits per heavy atom. The maximum atomic E-state index is 14.0. The Kier molecular flexibility index (Phi) is 4.24. The molecule has 2 aromatic heterocycles. The molecule has 0 aliphatic rings. The SMILES string of the molecule is CC(c1cc(F)ccc1F)N(C)Cc1nc2c(oc3ccccc32)c(=O)[nH]1. The van der Waals surface area contributed by atoms with E-state index in [1.165, 1.54) is 6.07 Å². The van der Waals surface area contributed by atoms with E-state index in [0.29, 0.717) is 16.9 Å². The molecule has 4 rings (SSSR count). The van der Waals surface area contributed by atoms with Gasteiger partial charge < -0.3 is 9.40 Å². The first-order valence-corrected chi connectivity index (χ1v) is 8.49. The maximum Gasteiger partial charge on any atom is 0.294 e. The summed E-state index contributed by atoms with van der Waals surface area (Å²) in [7, 11) is 1.76. The standard InChI is InChI=1S/C20H17F2N3O2/c1-11(14-9-12(21)7-8-15(14)22)25(2)10-17-23-18-13-5-3-4-6-16(13)27-19(18)20(26)24-17/h3-9,11H,10H2,1-2H3,(H,23,24,26). The van der Waals surface area contributed by atoms with Crippen molar-refractivity contribution in [1.82, 2.24) is 14.9 Å². The Morgan fingerprint density at radius 2 is 2.00 bits per heavy atom. The minimum absolute atomic E-state index is 0.173. The minimum atomic E-state index is -0.496. The van der Waals surface area contributed by atoms with E-state index < -0.39 is 17.7 Å². The molecule has 2 heterocycles. The van der Waals surface area contributed by atoms with Crippen molar-refractivity contribution < 1.29 is 13.2 Å². The number of fused-ring (bicyclic) bond motifs is 3. The predicted octanol–water partition coefficient (Wildman–Crippen LogP) is 4.14. The van der Waals surface area contributed by atoms with Crippen LogP contribution in [0.15, 0.2) is 51.7 Å². The summed E-state index contributed by atoms with van der Waals surface area (Å²) in [5, 5.41) is 0.756. The molecular formula is C20H17F2N3O2. The van der Waals surface area contributed by atoms with Crippen LogP contribution in [-0.2, 0) is 6.54 Å². The largest absolute Gasteiger partial charge is 0.449 e. The van der Waals surface area contributed by atoms with E-state index in [2.05, 4.69) is 9.97 Å². The highest BCUT2D eigenvalue weighted by molar-refractivity contribution is 6.01. The van der Waals surface area contributed by atoms with E-state index in [1.54, 1.807) is 24.9 Å². The normalized spacial score (nSPS) is 12.9. The molecule has 1 N–H and O–H groups in total. The lowest BCUT2D eigenvalue weighted by atomic mass is 10.1.